The Morgan fingerprint density at radius 2 is 2.08 bits per heavy atom. The Kier molecular flexibility index (Phi) is 3.09. The van der Waals surface area contributed by atoms with Gasteiger partial charge in [0, 0.05) is 17.6 Å². The van der Waals surface area contributed by atoms with Crippen LogP contribution in [0, 0.1) is 6.92 Å². The van der Waals surface area contributed by atoms with E-state index in [-0.39, 0.29) is 6.04 Å². The predicted molar refractivity (Wildman–Crippen MR) is 52.2 cm³/mol. The molecule has 0 spiro atoms. The number of hydrogen-bond acceptors (Lipinski definition) is 2. The molecule has 1 atom stereocenters. The Morgan fingerprint density at radius 3 is 2.58 bits per heavy atom. The standard InChI is InChI=1S/C9H13ClN2/c1-6-2-7(9(12)5-11)4-8(10)3-6/h2-4,9H,5,11-12H2,1H3. The van der Waals surface area contributed by atoms with E-state index in [2.05, 4.69) is 0 Å². The number of halogens is 1. The third kappa shape index (κ3) is 2.21. The molecule has 0 radical (unpaired) electrons. The first-order valence-electron chi connectivity index (χ1n) is 3.86. The van der Waals surface area contributed by atoms with Crippen LogP contribution in [0.4, 0.5) is 0 Å². The molecule has 1 rings (SSSR count). The van der Waals surface area contributed by atoms with Crippen LogP contribution in [0.3, 0.4) is 0 Å². The van der Waals surface area contributed by atoms with Crippen molar-refractivity contribution in [2.45, 2.75) is 13.0 Å². The molecule has 66 valence electrons. The number of rotatable bonds is 2. The fourth-order valence-electron chi connectivity index (χ4n) is 1.11. The molecule has 0 amide bonds. The van der Waals surface area contributed by atoms with Crippen molar-refractivity contribution in [3.8, 4) is 0 Å². The van der Waals surface area contributed by atoms with Gasteiger partial charge < -0.3 is 11.5 Å². The van der Waals surface area contributed by atoms with Gasteiger partial charge in [-0.2, -0.15) is 0 Å². The van der Waals surface area contributed by atoms with Gasteiger partial charge in [0.1, 0.15) is 0 Å². The zero-order valence-corrected chi connectivity index (χ0v) is 7.81. The summed E-state index contributed by atoms with van der Waals surface area (Å²) in [5, 5.41) is 0.717. The van der Waals surface area contributed by atoms with E-state index in [0.717, 1.165) is 11.1 Å². The van der Waals surface area contributed by atoms with E-state index in [9.17, 15) is 0 Å². The smallest absolute Gasteiger partial charge is 0.0420 e. The van der Waals surface area contributed by atoms with Gasteiger partial charge in [-0.05, 0) is 30.2 Å². The summed E-state index contributed by atoms with van der Waals surface area (Å²) in [4.78, 5) is 0. The van der Waals surface area contributed by atoms with Crippen molar-refractivity contribution >= 4 is 11.6 Å². The molecule has 1 aromatic carbocycles. The molecule has 12 heavy (non-hydrogen) atoms. The molecule has 0 aliphatic rings. The number of aryl methyl sites for hydroxylation is 1. The third-order valence-corrected chi connectivity index (χ3v) is 1.96. The maximum atomic E-state index is 5.85. The second kappa shape index (κ2) is 3.90. The average Bonchev–Trinajstić information content (AvgIpc) is 2.01. The van der Waals surface area contributed by atoms with Gasteiger partial charge >= 0.3 is 0 Å². The monoisotopic (exact) mass is 184 g/mol. The van der Waals surface area contributed by atoms with Gasteiger partial charge in [-0.3, -0.25) is 0 Å². The summed E-state index contributed by atoms with van der Waals surface area (Å²) >= 11 is 5.85. The van der Waals surface area contributed by atoms with Crippen LogP contribution in [0.2, 0.25) is 5.02 Å². The quantitative estimate of drug-likeness (QED) is 0.734. The highest BCUT2D eigenvalue weighted by Gasteiger charge is 2.04. The third-order valence-electron chi connectivity index (χ3n) is 1.75. The Labute approximate surface area is 77.5 Å². The van der Waals surface area contributed by atoms with Crippen LogP contribution in [0.1, 0.15) is 17.2 Å². The van der Waals surface area contributed by atoms with Crippen molar-refractivity contribution in [2.24, 2.45) is 11.5 Å². The van der Waals surface area contributed by atoms with Crippen LogP contribution in [0.25, 0.3) is 0 Å². The van der Waals surface area contributed by atoms with Crippen LogP contribution < -0.4 is 11.5 Å². The molecule has 0 aliphatic heterocycles. The Morgan fingerprint density at radius 1 is 1.42 bits per heavy atom. The lowest BCUT2D eigenvalue weighted by atomic mass is 10.1. The van der Waals surface area contributed by atoms with Crippen molar-refractivity contribution in [1.29, 1.82) is 0 Å². The fraction of sp³-hybridized carbons (Fsp3) is 0.333. The first-order chi connectivity index (χ1) is 5.63. The molecular formula is C9H13ClN2. The second-order valence-corrected chi connectivity index (χ2v) is 3.34. The highest BCUT2D eigenvalue weighted by atomic mass is 35.5. The predicted octanol–water partition coefficient (Wildman–Crippen LogP) is 1.61. The molecule has 1 unspecified atom stereocenters. The van der Waals surface area contributed by atoms with Crippen molar-refractivity contribution < 1.29 is 0 Å². The lowest BCUT2D eigenvalue weighted by molar-refractivity contribution is 0.736. The zero-order valence-electron chi connectivity index (χ0n) is 7.05. The molecule has 0 aromatic heterocycles. The molecule has 0 fully saturated rings. The summed E-state index contributed by atoms with van der Waals surface area (Å²) in [6.07, 6.45) is 0. The molecule has 3 heteroatoms. The largest absolute Gasteiger partial charge is 0.329 e. The van der Waals surface area contributed by atoms with Gasteiger partial charge in [0.05, 0.1) is 0 Å². The highest BCUT2D eigenvalue weighted by molar-refractivity contribution is 6.30. The Bertz CT molecular complexity index is 253. The summed E-state index contributed by atoms with van der Waals surface area (Å²) in [6.45, 7) is 2.43. The molecule has 0 aliphatic carbocycles. The lowest BCUT2D eigenvalue weighted by Gasteiger charge is -2.10. The zero-order chi connectivity index (χ0) is 9.14. The van der Waals surface area contributed by atoms with E-state index in [0.29, 0.717) is 11.6 Å². The minimum Gasteiger partial charge on any atom is -0.329 e. The van der Waals surface area contributed by atoms with E-state index >= 15 is 0 Å². The molecule has 0 saturated heterocycles. The Balaban J connectivity index is 3.00. The molecule has 0 saturated carbocycles. The summed E-state index contributed by atoms with van der Waals surface area (Å²) in [7, 11) is 0. The molecule has 2 nitrogen and oxygen atoms in total. The van der Waals surface area contributed by atoms with Crippen molar-refractivity contribution in [3.63, 3.8) is 0 Å². The topological polar surface area (TPSA) is 52.0 Å². The fourth-order valence-corrected chi connectivity index (χ4v) is 1.41. The van der Waals surface area contributed by atoms with Crippen molar-refractivity contribution in [2.75, 3.05) is 6.54 Å². The van der Waals surface area contributed by atoms with Gasteiger partial charge in [-0.1, -0.05) is 17.7 Å². The minimum atomic E-state index is -0.109. The minimum absolute atomic E-state index is 0.109. The van der Waals surface area contributed by atoms with Gasteiger partial charge in [0.25, 0.3) is 0 Å². The second-order valence-electron chi connectivity index (χ2n) is 2.90. The summed E-state index contributed by atoms with van der Waals surface area (Å²) in [5.74, 6) is 0. The normalized spacial score (nSPS) is 13.0. The molecule has 4 N–H and O–H groups in total. The molecular weight excluding hydrogens is 172 g/mol. The summed E-state index contributed by atoms with van der Waals surface area (Å²) < 4.78 is 0. The average molecular weight is 185 g/mol. The molecule has 0 bridgehead atoms. The van der Waals surface area contributed by atoms with Gasteiger partial charge in [-0.25, -0.2) is 0 Å². The first kappa shape index (κ1) is 9.52. The van der Waals surface area contributed by atoms with Crippen LogP contribution in [-0.4, -0.2) is 6.54 Å². The number of benzene rings is 1. The molecule has 0 heterocycles. The van der Waals surface area contributed by atoms with Gasteiger partial charge in [-0.15, -0.1) is 0 Å². The van der Waals surface area contributed by atoms with Crippen LogP contribution in [0.5, 0.6) is 0 Å². The van der Waals surface area contributed by atoms with Crippen LogP contribution >= 0.6 is 11.6 Å². The van der Waals surface area contributed by atoms with E-state index in [1.54, 1.807) is 0 Å². The van der Waals surface area contributed by atoms with E-state index in [1.807, 2.05) is 25.1 Å². The SMILES string of the molecule is Cc1cc(Cl)cc(C(N)CN)c1. The summed E-state index contributed by atoms with van der Waals surface area (Å²) in [6, 6.07) is 5.64. The van der Waals surface area contributed by atoms with Gasteiger partial charge in [0.2, 0.25) is 0 Å². The van der Waals surface area contributed by atoms with Crippen molar-refractivity contribution in [3.05, 3.63) is 34.3 Å². The highest BCUT2D eigenvalue weighted by Crippen LogP contribution is 2.18. The van der Waals surface area contributed by atoms with Crippen LogP contribution in [-0.2, 0) is 0 Å². The van der Waals surface area contributed by atoms with Crippen LogP contribution in [0.15, 0.2) is 18.2 Å². The lowest BCUT2D eigenvalue weighted by Crippen LogP contribution is -2.20. The van der Waals surface area contributed by atoms with E-state index < -0.39 is 0 Å². The van der Waals surface area contributed by atoms with Gasteiger partial charge in [0.15, 0.2) is 0 Å². The van der Waals surface area contributed by atoms with E-state index in [1.165, 1.54) is 0 Å². The van der Waals surface area contributed by atoms with Crippen molar-refractivity contribution in [1.82, 2.24) is 0 Å². The maximum Gasteiger partial charge on any atom is 0.0420 e. The number of nitrogens with two attached hydrogens (primary N) is 2. The Hall–Kier alpha value is -0.570. The van der Waals surface area contributed by atoms with E-state index in [4.69, 9.17) is 23.1 Å². The first-order valence-corrected chi connectivity index (χ1v) is 4.24. The maximum absolute atomic E-state index is 5.85. The molecule has 1 aromatic rings. The summed E-state index contributed by atoms with van der Waals surface area (Å²) in [5.41, 5.74) is 13.3. The number of hydrogen-bond donors (Lipinski definition) is 2.